The summed E-state index contributed by atoms with van der Waals surface area (Å²) in [5, 5.41) is 9.57. The lowest BCUT2D eigenvalue weighted by atomic mass is 10.1. The number of nitrogens with one attached hydrogen (secondary N) is 1. The Labute approximate surface area is 182 Å². The van der Waals surface area contributed by atoms with Gasteiger partial charge in [0.2, 0.25) is 21.6 Å². The smallest absolute Gasteiger partial charge is 0.341 e. The lowest BCUT2D eigenvalue weighted by Gasteiger charge is -2.06. The highest BCUT2D eigenvalue weighted by Crippen LogP contribution is 2.39. The average molecular weight is 462 g/mol. The van der Waals surface area contributed by atoms with Crippen molar-refractivity contribution in [3.63, 3.8) is 0 Å². The molecule has 1 aromatic carbocycles. The number of ether oxygens (including phenoxy) is 1. The molecule has 0 fully saturated rings. The molecule has 11 heteroatoms. The van der Waals surface area contributed by atoms with Crippen LogP contribution in [-0.2, 0) is 38.6 Å². The largest absolute Gasteiger partial charge is 0.465 e. The number of anilines is 1. The van der Waals surface area contributed by atoms with E-state index >= 15 is 0 Å². The standard InChI is InChI=1S/C20H19N3O6S2/c1-28-19(25)17-13-8-5-9-14(13)30-18(17)21-15(24)11-31(26,27)20-23-22-16(29-20)10-12-6-3-2-4-7-12/h2-4,6-7H,5,8-11H2,1H3,(H,21,24). The van der Waals surface area contributed by atoms with Crippen LogP contribution >= 0.6 is 11.3 Å². The Kier molecular flexibility index (Phi) is 5.88. The molecule has 4 rings (SSSR count). The van der Waals surface area contributed by atoms with E-state index in [0.29, 0.717) is 10.6 Å². The minimum absolute atomic E-state index is 0.132. The molecular weight excluding hydrogens is 442 g/mol. The first-order chi connectivity index (χ1) is 14.9. The van der Waals surface area contributed by atoms with Gasteiger partial charge in [0.05, 0.1) is 19.1 Å². The fourth-order valence-electron chi connectivity index (χ4n) is 3.41. The summed E-state index contributed by atoms with van der Waals surface area (Å²) in [5.41, 5.74) is 2.04. The van der Waals surface area contributed by atoms with Gasteiger partial charge >= 0.3 is 11.2 Å². The second-order valence-electron chi connectivity index (χ2n) is 6.98. The molecule has 9 nitrogen and oxygen atoms in total. The normalized spacial score (nSPS) is 13.1. The van der Waals surface area contributed by atoms with Gasteiger partial charge in [0.25, 0.3) is 0 Å². The molecule has 1 aliphatic carbocycles. The number of fused-ring (bicyclic) bond motifs is 1. The number of carbonyl (C=O) groups is 2. The zero-order valence-corrected chi connectivity index (χ0v) is 18.2. The van der Waals surface area contributed by atoms with Gasteiger partial charge in [0.1, 0.15) is 10.8 Å². The molecule has 0 saturated heterocycles. The SMILES string of the molecule is COC(=O)c1c(NC(=O)CS(=O)(=O)c2nnc(Cc3ccccc3)o2)sc2c1CCC2. The Morgan fingerprint density at radius 3 is 2.71 bits per heavy atom. The fraction of sp³-hybridized carbons (Fsp3) is 0.300. The van der Waals surface area contributed by atoms with Gasteiger partial charge < -0.3 is 14.5 Å². The molecule has 162 valence electrons. The lowest BCUT2D eigenvalue weighted by Crippen LogP contribution is -2.24. The van der Waals surface area contributed by atoms with Crippen LogP contribution in [0.1, 0.15) is 38.7 Å². The number of benzene rings is 1. The molecule has 0 atom stereocenters. The summed E-state index contributed by atoms with van der Waals surface area (Å²) in [5.74, 6) is -2.11. The molecule has 0 unspecified atom stereocenters. The van der Waals surface area contributed by atoms with Crippen molar-refractivity contribution in [3.05, 3.63) is 57.8 Å². The number of thiophene rings is 1. The minimum Gasteiger partial charge on any atom is -0.465 e. The number of amides is 1. The van der Waals surface area contributed by atoms with E-state index in [4.69, 9.17) is 9.15 Å². The molecule has 1 N–H and O–H groups in total. The van der Waals surface area contributed by atoms with Gasteiger partial charge in [-0.25, -0.2) is 13.2 Å². The van der Waals surface area contributed by atoms with Crippen LogP contribution in [0.4, 0.5) is 5.00 Å². The van der Waals surface area contributed by atoms with E-state index in [-0.39, 0.29) is 12.3 Å². The quantitative estimate of drug-likeness (QED) is 0.531. The van der Waals surface area contributed by atoms with Crippen molar-refractivity contribution in [1.82, 2.24) is 10.2 Å². The molecule has 0 bridgehead atoms. The zero-order valence-electron chi connectivity index (χ0n) is 16.6. The fourth-order valence-corrected chi connectivity index (χ4v) is 5.64. The highest BCUT2D eigenvalue weighted by molar-refractivity contribution is 7.91. The number of rotatable bonds is 7. The van der Waals surface area contributed by atoms with Gasteiger partial charge in [0.15, 0.2) is 0 Å². The molecule has 2 heterocycles. The maximum atomic E-state index is 12.6. The number of methoxy groups -OCH3 is 1. The summed E-state index contributed by atoms with van der Waals surface area (Å²) in [6, 6.07) is 9.25. The van der Waals surface area contributed by atoms with Gasteiger partial charge in [-0.05, 0) is 30.4 Å². The van der Waals surface area contributed by atoms with E-state index in [9.17, 15) is 18.0 Å². The molecule has 1 aliphatic rings. The molecular formula is C20H19N3O6S2. The molecule has 0 spiro atoms. The van der Waals surface area contributed by atoms with Crippen LogP contribution in [0.3, 0.4) is 0 Å². The Hall–Kier alpha value is -3.05. The summed E-state index contributed by atoms with van der Waals surface area (Å²) >= 11 is 1.27. The summed E-state index contributed by atoms with van der Waals surface area (Å²) in [4.78, 5) is 25.6. The van der Waals surface area contributed by atoms with E-state index in [1.54, 1.807) is 0 Å². The number of aryl methyl sites for hydroxylation is 1. The summed E-state index contributed by atoms with van der Waals surface area (Å²) in [7, 11) is -2.88. The van der Waals surface area contributed by atoms with E-state index < -0.39 is 32.7 Å². The third-order valence-corrected chi connectivity index (χ3v) is 7.34. The molecule has 3 aromatic rings. The first kappa shape index (κ1) is 21.2. The summed E-state index contributed by atoms with van der Waals surface area (Å²) in [6.07, 6.45) is 2.73. The topological polar surface area (TPSA) is 128 Å². The van der Waals surface area contributed by atoms with Crippen molar-refractivity contribution in [2.45, 2.75) is 30.9 Å². The Bertz CT molecular complexity index is 1230. The lowest BCUT2D eigenvalue weighted by molar-refractivity contribution is -0.113. The van der Waals surface area contributed by atoms with Crippen LogP contribution in [0, 0.1) is 0 Å². The van der Waals surface area contributed by atoms with Crippen molar-refractivity contribution in [1.29, 1.82) is 0 Å². The predicted molar refractivity (Wildman–Crippen MR) is 112 cm³/mol. The van der Waals surface area contributed by atoms with Gasteiger partial charge in [-0.1, -0.05) is 35.4 Å². The monoisotopic (exact) mass is 461 g/mol. The Balaban J connectivity index is 1.47. The number of hydrogen-bond acceptors (Lipinski definition) is 9. The first-order valence-corrected chi connectivity index (χ1v) is 12.0. The van der Waals surface area contributed by atoms with Crippen molar-refractivity contribution in [2.75, 3.05) is 18.2 Å². The van der Waals surface area contributed by atoms with Crippen LogP contribution < -0.4 is 5.32 Å². The molecule has 0 radical (unpaired) electrons. The second kappa shape index (κ2) is 8.60. The van der Waals surface area contributed by atoms with Crippen molar-refractivity contribution >= 4 is 38.1 Å². The van der Waals surface area contributed by atoms with Crippen LogP contribution in [0.5, 0.6) is 0 Å². The van der Waals surface area contributed by atoms with Crippen molar-refractivity contribution in [2.24, 2.45) is 0 Å². The van der Waals surface area contributed by atoms with Crippen LogP contribution in [0.25, 0.3) is 0 Å². The van der Waals surface area contributed by atoms with Crippen LogP contribution in [0.2, 0.25) is 0 Å². The number of aromatic nitrogens is 2. The van der Waals surface area contributed by atoms with E-state index in [0.717, 1.165) is 35.3 Å². The highest BCUT2D eigenvalue weighted by atomic mass is 32.2. The average Bonchev–Trinajstić information content (AvgIpc) is 3.44. The van der Waals surface area contributed by atoms with Crippen LogP contribution in [0.15, 0.2) is 40.0 Å². The first-order valence-electron chi connectivity index (χ1n) is 9.49. The molecule has 0 aliphatic heterocycles. The highest BCUT2D eigenvalue weighted by Gasteiger charge is 2.30. The summed E-state index contributed by atoms with van der Waals surface area (Å²) in [6.45, 7) is 0. The van der Waals surface area contributed by atoms with Crippen molar-refractivity contribution in [3.8, 4) is 0 Å². The van der Waals surface area contributed by atoms with E-state index in [1.807, 2.05) is 30.3 Å². The molecule has 2 aromatic heterocycles. The number of sulfone groups is 1. The van der Waals surface area contributed by atoms with Crippen LogP contribution in [-0.4, -0.2) is 43.4 Å². The number of hydrogen-bond donors (Lipinski definition) is 1. The van der Waals surface area contributed by atoms with Gasteiger partial charge in [0, 0.05) is 4.88 Å². The van der Waals surface area contributed by atoms with Gasteiger partial charge in [-0.3, -0.25) is 4.79 Å². The zero-order chi connectivity index (χ0) is 22.0. The molecule has 31 heavy (non-hydrogen) atoms. The third kappa shape index (κ3) is 4.52. The van der Waals surface area contributed by atoms with E-state index in [1.165, 1.54) is 18.4 Å². The van der Waals surface area contributed by atoms with Gasteiger partial charge in [-0.2, -0.15) is 0 Å². The van der Waals surface area contributed by atoms with E-state index in [2.05, 4.69) is 15.5 Å². The maximum absolute atomic E-state index is 12.6. The second-order valence-corrected chi connectivity index (χ2v) is 9.96. The predicted octanol–water partition coefficient (Wildman–Crippen LogP) is 2.41. The Morgan fingerprint density at radius 1 is 1.19 bits per heavy atom. The maximum Gasteiger partial charge on any atom is 0.341 e. The number of nitrogens with zero attached hydrogens (tertiary/aromatic N) is 2. The Morgan fingerprint density at radius 2 is 1.97 bits per heavy atom. The number of esters is 1. The molecule has 1 amide bonds. The summed E-state index contributed by atoms with van der Waals surface area (Å²) < 4.78 is 35.2. The van der Waals surface area contributed by atoms with Crippen molar-refractivity contribution < 1.29 is 27.2 Å². The molecule has 0 saturated carbocycles. The van der Waals surface area contributed by atoms with Gasteiger partial charge in [-0.15, -0.1) is 16.4 Å². The number of carbonyl (C=O) groups excluding carboxylic acids is 2. The third-order valence-electron chi connectivity index (χ3n) is 4.80. The minimum atomic E-state index is -4.15.